The molecule has 2 aliphatic heterocycles. The molecule has 1 spiro atoms. The maximum Gasteiger partial charge on any atom is 0.242 e. The van der Waals surface area contributed by atoms with Crippen molar-refractivity contribution in [3.05, 3.63) is 90.6 Å². The van der Waals surface area contributed by atoms with Gasteiger partial charge in [0.1, 0.15) is 5.82 Å². The SMILES string of the molecule is O=C1N(c2cnc3ccccc3c2)c2ccccc2C12CCN(Cc1ncccn1)CC2. The molecule has 158 valence electrons. The molecule has 0 unspecified atom stereocenters. The molecular weight excluding hydrogens is 398 g/mol. The van der Waals surface area contributed by atoms with Gasteiger partial charge in [-0.1, -0.05) is 36.4 Å². The van der Waals surface area contributed by atoms with E-state index < -0.39 is 5.41 Å². The topological polar surface area (TPSA) is 62.2 Å². The highest BCUT2D eigenvalue weighted by molar-refractivity contribution is 6.13. The Morgan fingerprint density at radius 2 is 1.62 bits per heavy atom. The second-order valence-corrected chi connectivity index (χ2v) is 8.57. The summed E-state index contributed by atoms with van der Waals surface area (Å²) < 4.78 is 0. The van der Waals surface area contributed by atoms with Crippen LogP contribution in [0.1, 0.15) is 24.2 Å². The maximum atomic E-state index is 14.0. The van der Waals surface area contributed by atoms with Gasteiger partial charge in [-0.05, 0) is 55.8 Å². The third kappa shape index (κ3) is 2.99. The van der Waals surface area contributed by atoms with E-state index in [1.807, 2.05) is 53.6 Å². The molecular formula is C26H23N5O. The number of carbonyl (C=O) groups excluding carboxylic acids is 1. The number of piperidine rings is 1. The highest BCUT2D eigenvalue weighted by Crippen LogP contribution is 2.50. The molecule has 2 aromatic heterocycles. The molecule has 0 saturated carbocycles. The molecule has 2 aliphatic rings. The van der Waals surface area contributed by atoms with Gasteiger partial charge in [0, 0.05) is 17.8 Å². The predicted octanol–water partition coefficient (Wildman–Crippen LogP) is 4.24. The summed E-state index contributed by atoms with van der Waals surface area (Å²) in [5.41, 5.74) is 3.39. The van der Waals surface area contributed by atoms with Gasteiger partial charge in [-0.25, -0.2) is 9.97 Å². The number of hydrogen-bond donors (Lipinski definition) is 0. The maximum absolute atomic E-state index is 14.0. The lowest BCUT2D eigenvalue weighted by atomic mass is 9.73. The first-order valence-corrected chi connectivity index (χ1v) is 11.0. The number of benzene rings is 2. The first kappa shape index (κ1) is 19.1. The largest absolute Gasteiger partial charge is 0.296 e. The normalized spacial score (nSPS) is 17.8. The molecule has 6 heteroatoms. The van der Waals surface area contributed by atoms with Gasteiger partial charge >= 0.3 is 0 Å². The smallest absolute Gasteiger partial charge is 0.242 e. The first-order valence-electron chi connectivity index (χ1n) is 11.0. The Labute approximate surface area is 186 Å². The van der Waals surface area contributed by atoms with Gasteiger partial charge in [0.05, 0.1) is 35.0 Å². The van der Waals surface area contributed by atoms with Crippen LogP contribution in [0.5, 0.6) is 0 Å². The zero-order chi connectivity index (χ0) is 21.5. The molecule has 32 heavy (non-hydrogen) atoms. The number of likely N-dealkylation sites (tertiary alicyclic amines) is 1. The van der Waals surface area contributed by atoms with Gasteiger partial charge in [-0.3, -0.25) is 19.6 Å². The van der Waals surface area contributed by atoms with Gasteiger partial charge in [-0.2, -0.15) is 0 Å². The molecule has 1 fully saturated rings. The van der Waals surface area contributed by atoms with Crippen LogP contribution >= 0.6 is 0 Å². The number of anilines is 2. The van der Waals surface area contributed by atoms with E-state index >= 15 is 0 Å². The van der Waals surface area contributed by atoms with Crippen molar-refractivity contribution in [2.45, 2.75) is 24.8 Å². The molecule has 6 nitrogen and oxygen atoms in total. The van der Waals surface area contributed by atoms with Gasteiger partial charge in [0.25, 0.3) is 0 Å². The molecule has 4 heterocycles. The fourth-order valence-corrected chi connectivity index (χ4v) is 5.14. The summed E-state index contributed by atoms with van der Waals surface area (Å²) in [7, 11) is 0. The fourth-order valence-electron chi connectivity index (χ4n) is 5.14. The van der Waals surface area contributed by atoms with E-state index in [1.54, 1.807) is 12.4 Å². The minimum atomic E-state index is -0.490. The molecule has 1 saturated heterocycles. The molecule has 2 aromatic carbocycles. The molecule has 6 rings (SSSR count). The molecule has 0 radical (unpaired) electrons. The third-order valence-corrected chi connectivity index (χ3v) is 6.80. The van der Waals surface area contributed by atoms with Crippen LogP contribution < -0.4 is 4.90 Å². The number of pyridine rings is 1. The van der Waals surface area contributed by atoms with Crippen LogP contribution in [0.25, 0.3) is 10.9 Å². The lowest BCUT2D eigenvalue weighted by molar-refractivity contribution is -0.124. The second-order valence-electron chi connectivity index (χ2n) is 8.57. The summed E-state index contributed by atoms with van der Waals surface area (Å²) >= 11 is 0. The average molecular weight is 422 g/mol. The van der Waals surface area contributed by atoms with Crippen molar-refractivity contribution >= 4 is 28.2 Å². The minimum Gasteiger partial charge on any atom is -0.296 e. The number of rotatable bonds is 3. The Morgan fingerprint density at radius 1 is 0.875 bits per heavy atom. The lowest BCUT2D eigenvalue weighted by Crippen LogP contribution is -2.47. The third-order valence-electron chi connectivity index (χ3n) is 6.80. The summed E-state index contributed by atoms with van der Waals surface area (Å²) in [6, 6.07) is 20.1. The van der Waals surface area contributed by atoms with E-state index in [2.05, 4.69) is 38.1 Å². The molecule has 0 N–H and O–H groups in total. The van der Waals surface area contributed by atoms with Gasteiger partial charge in [0.2, 0.25) is 5.91 Å². The van der Waals surface area contributed by atoms with Crippen LogP contribution in [-0.2, 0) is 16.8 Å². The number of para-hydroxylation sites is 2. The Hall–Kier alpha value is -3.64. The number of carbonyl (C=O) groups is 1. The van der Waals surface area contributed by atoms with Crippen molar-refractivity contribution < 1.29 is 4.79 Å². The summed E-state index contributed by atoms with van der Waals surface area (Å²) in [6.07, 6.45) is 6.94. The Kier molecular flexibility index (Phi) is 4.47. The van der Waals surface area contributed by atoms with Crippen LogP contribution in [0.2, 0.25) is 0 Å². The molecule has 0 aliphatic carbocycles. The van der Waals surface area contributed by atoms with E-state index in [4.69, 9.17) is 0 Å². The zero-order valence-electron chi connectivity index (χ0n) is 17.7. The number of nitrogens with zero attached hydrogens (tertiary/aromatic N) is 5. The van der Waals surface area contributed by atoms with E-state index in [0.29, 0.717) is 6.54 Å². The zero-order valence-corrected chi connectivity index (χ0v) is 17.7. The van der Waals surface area contributed by atoms with Crippen LogP contribution in [0.3, 0.4) is 0 Å². The van der Waals surface area contributed by atoms with Crippen molar-refractivity contribution in [3.8, 4) is 0 Å². The van der Waals surface area contributed by atoms with Crippen LogP contribution in [0, 0.1) is 0 Å². The summed E-state index contributed by atoms with van der Waals surface area (Å²) in [4.78, 5) is 31.5. The van der Waals surface area contributed by atoms with Crippen molar-refractivity contribution in [1.29, 1.82) is 0 Å². The monoisotopic (exact) mass is 421 g/mol. The Bertz CT molecular complexity index is 1300. The minimum absolute atomic E-state index is 0.159. The van der Waals surface area contributed by atoms with Crippen LogP contribution in [0.15, 0.2) is 79.3 Å². The van der Waals surface area contributed by atoms with Crippen LogP contribution in [0.4, 0.5) is 11.4 Å². The summed E-state index contributed by atoms with van der Waals surface area (Å²) in [5, 5.41) is 1.04. The number of hydrogen-bond acceptors (Lipinski definition) is 5. The average Bonchev–Trinajstić information content (AvgIpc) is 3.09. The quantitative estimate of drug-likeness (QED) is 0.495. The molecule has 0 atom stereocenters. The summed E-state index contributed by atoms with van der Waals surface area (Å²) in [5.74, 6) is 0.983. The summed E-state index contributed by atoms with van der Waals surface area (Å²) in [6.45, 7) is 2.38. The Morgan fingerprint density at radius 3 is 2.47 bits per heavy atom. The van der Waals surface area contributed by atoms with Gasteiger partial charge in [-0.15, -0.1) is 0 Å². The van der Waals surface area contributed by atoms with Crippen molar-refractivity contribution in [1.82, 2.24) is 19.9 Å². The molecule has 1 amide bonds. The lowest BCUT2D eigenvalue weighted by Gasteiger charge is -2.38. The fraction of sp³-hybridized carbons (Fsp3) is 0.231. The number of amides is 1. The van der Waals surface area contributed by atoms with E-state index in [0.717, 1.165) is 59.6 Å². The van der Waals surface area contributed by atoms with E-state index in [1.165, 1.54) is 0 Å². The van der Waals surface area contributed by atoms with Gasteiger partial charge in [0.15, 0.2) is 0 Å². The first-order chi connectivity index (χ1) is 15.7. The van der Waals surface area contributed by atoms with Gasteiger partial charge < -0.3 is 0 Å². The molecule has 0 bridgehead atoms. The van der Waals surface area contributed by atoms with Crippen molar-refractivity contribution in [2.24, 2.45) is 0 Å². The number of aromatic nitrogens is 3. The predicted molar refractivity (Wildman–Crippen MR) is 124 cm³/mol. The second kappa shape index (κ2) is 7.50. The standard InChI is InChI=1S/C26H23N5O/c32-25-26(10-14-30(15-11-26)18-24-27-12-5-13-28-24)21-7-2-4-9-23(21)31(25)20-16-19-6-1-3-8-22(19)29-17-20/h1-9,12-13,16-17H,10-11,14-15,18H2. The van der Waals surface area contributed by atoms with Crippen molar-refractivity contribution in [2.75, 3.05) is 18.0 Å². The Balaban J connectivity index is 1.33. The number of fused-ring (bicyclic) bond motifs is 3. The van der Waals surface area contributed by atoms with Crippen LogP contribution in [-0.4, -0.2) is 38.8 Å². The van der Waals surface area contributed by atoms with E-state index in [-0.39, 0.29) is 5.91 Å². The van der Waals surface area contributed by atoms with Crippen molar-refractivity contribution in [3.63, 3.8) is 0 Å². The van der Waals surface area contributed by atoms with E-state index in [9.17, 15) is 4.79 Å². The highest BCUT2D eigenvalue weighted by Gasteiger charge is 2.52. The highest BCUT2D eigenvalue weighted by atomic mass is 16.2. The molecule has 4 aromatic rings.